The summed E-state index contributed by atoms with van der Waals surface area (Å²) in [6, 6.07) is 12.5. The largest absolute Gasteiger partial charge is 0.308 e. The summed E-state index contributed by atoms with van der Waals surface area (Å²) in [6.45, 7) is 3.71. The second kappa shape index (κ2) is 8.09. The number of carbonyl (C=O) groups excluding carboxylic acids is 1. The molecule has 0 aliphatic carbocycles. The van der Waals surface area contributed by atoms with E-state index in [0.717, 1.165) is 36.9 Å². The van der Waals surface area contributed by atoms with Crippen molar-refractivity contribution in [3.05, 3.63) is 58.6 Å². The molecule has 0 aromatic heterocycles. The minimum absolute atomic E-state index is 0.0188. The van der Waals surface area contributed by atoms with E-state index in [1.54, 1.807) is 11.0 Å². The van der Waals surface area contributed by atoms with Gasteiger partial charge in [-0.2, -0.15) is 4.31 Å². The molecule has 0 bridgehead atoms. The zero-order chi connectivity index (χ0) is 20.6. The lowest BCUT2D eigenvalue weighted by Gasteiger charge is -2.33. The van der Waals surface area contributed by atoms with E-state index in [-0.39, 0.29) is 15.8 Å². The highest BCUT2D eigenvalue weighted by Crippen LogP contribution is 2.32. The van der Waals surface area contributed by atoms with Crippen LogP contribution in [-0.2, 0) is 16.4 Å². The predicted octanol–water partition coefficient (Wildman–Crippen LogP) is 4.35. The van der Waals surface area contributed by atoms with Crippen molar-refractivity contribution >= 4 is 33.2 Å². The van der Waals surface area contributed by atoms with Crippen LogP contribution in [0.2, 0.25) is 5.02 Å². The van der Waals surface area contributed by atoms with Gasteiger partial charge in [-0.25, -0.2) is 8.42 Å². The molecule has 1 saturated heterocycles. The van der Waals surface area contributed by atoms with Crippen molar-refractivity contribution in [1.29, 1.82) is 0 Å². The van der Waals surface area contributed by atoms with E-state index in [4.69, 9.17) is 11.6 Å². The van der Waals surface area contributed by atoms with E-state index in [1.165, 1.54) is 16.4 Å². The lowest BCUT2D eigenvalue weighted by atomic mass is 9.93. The molecule has 7 heteroatoms. The van der Waals surface area contributed by atoms with Crippen LogP contribution in [0.25, 0.3) is 0 Å². The van der Waals surface area contributed by atoms with Crippen LogP contribution in [0.4, 0.5) is 5.69 Å². The number of fused-ring (bicyclic) bond motifs is 1. The first-order valence-electron chi connectivity index (χ1n) is 10.1. The van der Waals surface area contributed by atoms with E-state index in [2.05, 4.69) is 6.92 Å². The maximum Gasteiger partial charge on any atom is 0.258 e. The third-order valence-electron chi connectivity index (χ3n) is 5.70. The normalized spacial score (nSPS) is 20.3. The van der Waals surface area contributed by atoms with Crippen molar-refractivity contribution in [2.45, 2.75) is 37.5 Å². The Kier molecular flexibility index (Phi) is 5.69. The number of benzene rings is 2. The van der Waals surface area contributed by atoms with E-state index in [9.17, 15) is 13.2 Å². The van der Waals surface area contributed by atoms with Crippen molar-refractivity contribution in [2.24, 2.45) is 5.92 Å². The minimum Gasteiger partial charge on any atom is -0.308 e. The number of anilines is 1. The number of amides is 1. The lowest BCUT2D eigenvalue weighted by molar-refractivity contribution is 0.0981. The summed E-state index contributed by atoms with van der Waals surface area (Å²) in [5, 5.41) is 0.152. The average molecular weight is 433 g/mol. The van der Waals surface area contributed by atoms with Crippen LogP contribution in [0, 0.1) is 5.92 Å². The number of carbonyl (C=O) groups is 1. The average Bonchev–Trinajstić information content (AvgIpc) is 2.73. The Balaban J connectivity index is 1.70. The van der Waals surface area contributed by atoms with E-state index < -0.39 is 10.0 Å². The minimum atomic E-state index is -3.72. The molecule has 2 heterocycles. The third kappa shape index (κ3) is 3.93. The molecule has 0 radical (unpaired) electrons. The fourth-order valence-corrected chi connectivity index (χ4v) is 6.24. The van der Waals surface area contributed by atoms with Gasteiger partial charge in [0.25, 0.3) is 5.91 Å². The van der Waals surface area contributed by atoms with E-state index >= 15 is 0 Å². The molecule has 1 amide bonds. The van der Waals surface area contributed by atoms with Crippen molar-refractivity contribution in [3.8, 4) is 0 Å². The van der Waals surface area contributed by atoms with Crippen LogP contribution < -0.4 is 4.90 Å². The number of nitrogens with zero attached hydrogens (tertiary/aromatic N) is 2. The van der Waals surface area contributed by atoms with E-state index in [0.29, 0.717) is 31.1 Å². The van der Waals surface area contributed by atoms with Gasteiger partial charge in [0, 0.05) is 30.9 Å². The number of sulfonamides is 1. The highest BCUT2D eigenvalue weighted by atomic mass is 35.5. The molecule has 2 aromatic carbocycles. The van der Waals surface area contributed by atoms with Crippen LogP contribution in [0.3, 0.4) is 0 Å². The standard InChI is InChI=1S/C22H25ClN2O3S/c1-16-13-17-7-3-4-8-20(17)25(15-16)22(26)18-9-10-19(23)21(14-18)29(27,28)24-11-5-2-6-12-24/h3-4,7-10,14,16H,2,5-6,11-13,15H2,1H3. The maximum atomic E-state index is 13.3. The van der Waals surface area contributed by atoms with Crippen molar-refractivity contribution in [2.75, 3.05) is 24.5 Å². The second-order valence-electron chi connectivity index (χ2n) is 7.96. The summed E-state index contributed by atoms with van der Waals surface area (Å²) >= 11 is 6.26. The van der Waals surface area contributed by atoms with Gasteiger partial charge in [-0.15, -0.1) is 0 Å². The highest BCUT2D eigenvalue weighted by molar-refractivity contribution is 7.89. The second-order valence-corrected chi connectivity index (χ2v) is 10.3. The van der Waals surface area contributed by atoms with Crippen LogP contribution in [0.5, 0.6) is 0 Å². The Bertz CT molecular complexity index is 1030. The number of para-hydroxylation sites is 1. The highest BCUT2D eigenvalue weighted by Gasteiger charge is 2.31. The Morgan fingerprint density at radius 2 is 1.79 bits per heavy atom. The maximum absolute atomic E-state index is 13.3. The summed E-state index contributed by atoms with van der Waals surface area (Å²) in [5.41, 5.74) is 2.37. The van der Waals surface area contributed by atoms with Gasteiger partial charge in [0.05, 0.1) is 5.02 Å². The topological polar surface area (TPSA) is 57.7 Å². The Labute approximate surface area is 177 Å². The number of piperidine rings is 1. The number of hydrogen-bond acceptors (Lipinski definition) is 3. The fraction of sp³-hybridized carbons (Fsp3) is 0.409. The number of hydrogen-bond donors (Lipinski definition) is 0. The first kappa shape index (κ1) is 20.4. The van der Waals surface area contributed by atoms with Gasteiger partial charge in [0.15, 0.2) is 0 Å². The number of rotatable bonds is 3. The molecule has 29 heavy (non-hydrogen) atoms. The first-order chi connectivity index (χ1) is 13.9. The Morgan fingerprint density at radius 1 is 1.07 bits per heavy atom. The smallest absolute Gasteiger partial charge is 0.258 e. The molecule has 1 fully saturated rings. The summed E-state index contributed by atoms with van der Waals surface area (Å²) in [7, 11) is -3.72. The predicted molar refractivity (Wildman–Crippen MR) is 115 cm³/mol. The van der Waals surface area contributed by atoms with Crippen molar-refractivity contribution in [1.82, 2.24) is 4.31 Å². The van der Waals surface area contributed by atoms with Crippen LogP contribution in [0.1, 0.15) is 42.1 Å². The van der Waals surface area contributed by atoms with Crippen LogP contribution in [-0.4, -0.2) is 38.3 Å². The molecule has 1 unspecified atom stereocenters. The van der Waals surface area contributed by atoms with Gasteiger partial charge in [-0.1, -0.05) is 43.1 Å². The molecule has 2 aliphatic heterocycles. The van der Waals surface area contributed by atoms with Gasteiger partial charge in [0.1, 0.15) is 4.90 Å². The molecular weight excluding hydrogens is 408 g/mol. The van der Waals surface area contributed by atoms with Gasteiger partial charge >= 0.3 is 0 Å². The van der Waals surface area contributed by atoms with Crippen molar-refractivity contribution in [3.63, 3.8) is 0 Å². The van der Waals surface area contributed by atoms with Gasteiger partial charge in [-0.05, 0) is 55.0 Å². The Hall–Kier alpha value is -1.89. The van der Waals surface area contributed by atoms with Crippen molar-refractivity contribution < 1.29 is 13.2 Å². The summed E-state index contributed by atoms with van der Waals surface area (Å²) in [5.74, 6) is 0.133. The van der Waals surface area contributed by atoms with Gasteiger partial charge in [0.2, 0.25) is 10.0 Å². The molecule has 2 aliphatic rings. The molecule has 0 spiro atoms. The zero-order valence-electron chi connectivity index (χ0n) is 16.5. The summed E-state index contributed by atoms with van der Waals surface area (Å²) in [4.78, 5) is 15.1. The van der Waals surface area contributed by atoms with Crippen LogP contribution >= 0.6 is 11.6 Å². The molecule has 5 nitrogen and oxygen atoms in total. The van der Waals surface area contributed by atoms with E-state index in [1.807, 2.05) is 24.3 Å². The molecule has 2 aromatic rings. The summed E-state index contributed by atoms with van der Waals surface area (Å²) < 4.78 is 27.7. The third-order valence-corrected chi connectivity index (χ3v) is 8.08. The Morgan fingerprint density at radius 3 is 2.55 bits per heavy atom. The number of halogens is 1. The fourth-order valence-electron chi connectivity index (χ4n) is 4.22. The quantitative estimate of drug-likeness (QED) is 0.724. The summed E-state index contributed by atoms with van der Waals surface area (Å²) in [6.07, 6.45) is 3.65. The van der Waals surface area contributed by atoms with Gasteiger partial charge < -0.3 is 4.90 Å². The lowest BCUT2D eigenvalue weighted by Crippen LogP contribution is -2.39. The molecule has 4 rings (SSSR count). The first-order valence-corrected chi connectivity index (χ1v) is 11.9. The molecular formula is C22H25ClN2O3S. The van der Waals surface area contributed by atoms with Gasteiger partial charge in [-0.3, -0.25) is 4.79 Å². The molecule has 1 atom stereocenters. The molecule has 0 saturated carbocycles. The SMILES string of the molecule is CC1Cc2ccccc2N(C(=O)c2ccc(Cl)c(S(=O)(=O)N3CCCCC3)c2)C1. The molecule has 154 valence electrons. The van der Waals surface area contributed by atoms with Crippen LogP contribution in [0.15, 0.2) is 47.4 Å². The monoisotopic (exact) mass is 432 g/mol. The zero-order valence-corrected chi connectivity index (χ0v) is 18.0. The molecule has 0 N–H and O–H groups in total.